The van der Waals surface area contributed by atoms with Crippen LogP contribution in [-0.4, -0.2) is 24.9 Å². The first-order chi connectivity index (χ1) is 11.1. The molecule has 2 aromatic heterocycles. The Bertz CT molecular complexity index is 1000. The lowest BCUT2D eigenvalue weighted by Crippen LogP contribution is -2.03. The standard InChI is InChI=1S/C18H16N4O/c1-11(2)17-19-20-18-15-6-4-3-5-14(15)16(21-22(17)18)12-7-9-13(23)10-8-12/h3-11,23H,1-2H3. The van der Waals surface area contributed by atoms with Crippen LogP contribution in [-0.2, 0) is 0 Å². The molecular formula is C18H16N4O. The summed E-state index contributed by atoms with van der Waals surface area (Å²) in [5.74, 6) is 1.31. The number of fused-ring (bicyclic) bond motifs is 3. The number of aromatic hydroxyl groups is 1. The maximum absolute atomic E-state index is 9.53. The van der Waals surface area contributed by atoms with Gasteiger partial charge in [0.05, 0.1) is 5.69 Å². The molecule has 0 aliphatic heterocycles. The molecule has 0 atom stereocenters. The summed E-state index contributed by atoms with van der Waals surface area (Å²) < 4.78 is 1.83. The molecule has 2 heterocycles. The van der Waals surface area contributed by atoms with Gasteiger partial charge in [-0.3, -0.25) is 0 Å². The van der Waals surface area contributed by atoms with Crippen molar-refractivity contribution in [2.75, 3.05) is 0 Å². The third kappa shape index (κ3) is 2.12. The van der Waals surface area contributed by atoms with E-state index in [4.69, 9.17) is 5.10 Å². The highest BCUT2D eigenvalue weighted by molar-refractivity contribution is 6.01. The summed E-state index contributed by atoms with van der Waals surface area (Å²) in [6, 6.07) is 15.1. The second-order valence-corrected chi connectivity index (χ2v) is 5.89. The summed E-state index contributed by atoms with van der Waals surface area (Å²) in [4.78, 5) is 0. The Morgan fingerprint density at radius 3 is 2.30 bits per heavy atom. The molecule has 4 rings (SSSR count). The highest BCUT2D eigenvalue weighted by atomic mass is 16.3. The molecule has 4 aromatic rings. The summed E-state index contributed by atoms with van der Waals surface area (Å²) >= 11 is 0. The van der Waals surface area contributed by atoms with E-state index >= 15 is 0 Å². The van der Waals surface area contributed by atoms with Gasteiger partial charge < -0.3 is 5.11 Å². The number of phenols is 1. The summed E-state index contributed by atoms with van der Waals surface area (Å²) in [5, 5.41) is 25.0. The van der Waals surface area contributed by atoms with E-state index in [1.807, 2.05) is 40.9 Å². The van der Waals surface area contributed by atoms with Crippen LogP contribution in [0, 0.1) is 0 Å². The fraction of sp³-hybridized carbons (Fsp3) is 0.167. The quantitative estimate of drug-likeness (QED) is 0.612. The van der Waals surface area contributed by atoms with Crippen molar-refractivity contribution in [3.63, 3.8) is 0 Å². The molecule has 114 valence electrons. The molecule has 5 heteroatoms. The second-order valence-electron chi connectivity index (χ2n) is 5.89. The molecule has 0 fully saturated rings. The molecule has 0 aliphatic carbocycles. The summed E-state index contributed by atoms with van der Waals surface area (Å²) in [7, 11) is 0. The number of aromatic nitrogens is 4. The van der Waals surface area contributed by atoms with Crippen molar-refractivity contribution in [3.05, 3.63) is 54.4 Å². The Kier molecular flexibility index (Phi) is 3.01. The minimum atomic E-state index is 0.228. The number of benzene rings is 2. The molecule has 1 N–H and O–H groups in total. The van der Waals surface area contributed by atoms with Crippen molar-refractivity contribution < 1.29 is 5.11 Å². The van der Waals surface area contributed by atoms with Crippen molar-refractivity contribution in [2.24, 2.45) is 0 Å². The van der Waals surface area contributed by atoms with Crippen molar-refractivity contribution in [1.82, 2.24) is 19.8 Å². The van der Waals surface area contributed by atoms with E-state index in [-0.39, 0.29) is 11.7 Å². The van der Waals surface area contributed by atoms with Crippen molar-refractivity contribution in [1.29, 1.82) is 0 Å². The molecule has 2 aromatic carbocycles. The predicted octanol–water partition coefficient (Wildman–Crippen LogP) is 3.77. The Morgan fingerprint density at radius 2 is 1.61 bits per heavy atom. The van der Waals surface area contributed by atoms with Gasteiger partial charge in [-0.15, -0.1) is 10.2 Å². The maximum Gasteiger partial charge on any atom is 0.185 e. The predicted molar refractivity (Wildman–Crippen MR) is 89.5 cm³/mol. The van der Waals surface area contributed by atoms with E-state index in [9.17, 15) is 5.11 Å². The van der Waals surface area contributed by atoms with E-state index in [0.29, 0.717) is 0 Å². The first-order valence-electron chi connectivity index (χ1n) is 7.58. The number of hydrogen-bond donors (Lipinski definition) is 1. The van der Waals surface area contributed by atoms with E-state index in [1.165, 1.54) is 0 Å². The van der Waals surface area contributed by atoms with Crippen LogP contribution in [0.2, 0.25) is 0 Å². The zero-order chi connectivity index (χ0) is 16.0. The molecule has 0 spiro atoms. The van der Waals surface area contributed by atoms with Crippen LogP contribution < -0.4 is 0 Å². The monoisotopic (exact) mass is 304 g/mol. The fourth-order valence-corrected chi connectivity index (χ4v) is 2.79. The van der Waals surface area contributed by atoms with Gasteiger partial charge >= 0.3 is 0 Å². The Morgan fingerprint density at radius 1 is 0.913 bits per heavy atom. The third-order valence-corrected chi connectivity index (χ3v) is 3.95. The molecular weight excluding hydrogens is 288 g/mol. The summed E-state index contributed by atoms with van der Waals surface area (Å²) in [6.45, 7) is 4.15. The van der Waals surface area contributed by atoms with Crippen LogP contribution in [0.25, 0.3) is 27.7 Å². The molecule has 0 bridgehead atoms. The lowest BCUT2D eigenvalue weighted by Gasteiger charge is -2.09. The van der Waals surface area contributed by atoms with Crippen LogP contribution in [0.15, 0.2) is 48.5 Å². The molecule has 0 saturated heterocycles. The zero-order valence-corrected chi connectivity index (χ0v) is 12.9. The molecule has 0 saturated carbocycles. The summed E-state index contributed by atoms with van der Waals surface area (Å²) in [6.07, 6.45) is 0. The van der Waals surface area contributed by atoms with E-state index in [1.54, 1.807) is 12.1 Å². The maximum atomic E-state index is 9.53. The fourth-order valence-electron chi connectivity index (χ4n) is 2.79. The van der Waals surface area contributed by atoms with Crippen molar-refractivity contribution in [3.8, 4) is 17.0 Å². The largest absolute Gasteiger partial charge is 0.508 e. The molecule has 0 amide bonds. The minimum Gasteiger partial charge on any atom is -0.508 e. The van der Waals surface area contributed by atoms with Gasteiger partial charge in [0, 0.05) is 22.3 Å². The van der Waals surface area contributed by atoms with Crippen molar-refractivity contribution in [2.45, 2.75) is 19.8 Å². The zero-order valence-electron chi connectivity index (χ0n) is 12.9. The van der Waals surface area contributed by atoms with Crippen LogP contribution in [0.1, 0.15) is 25.6 Å². The van der Waals surface area contributed by atoms with Crippen molar-refractivity contribution >= 4 is 16.4 Å². The highest BCUT2D eigenvalue weighted by Gasteiger charge is 2.16. The SMILES string of the molecule is CC(C)c1nnc2c3ccccc3c(-c3ccc(O)cc3)nn12. The van der Waals surface area contributed by atoms with Crippen LogP contribution >= 0.6 is 0 Å². The minimum absolute atomic E-state index is 0.228. The van der Waals surface area contributed by atoms with Gasteiger partial charge in [0.2, 0.25) is 0 Å². The number of phenolic OH excluding ortho intramolecular Hbond substituents is 1. The second kappa shape index (κ2) is 5.05. The topological polar surface area (TPSA) is 63.3 Å². The van der Waals surface area contributed by atoms with Gasteiger partial charge in [-0.1, -0.05) is 38.1 Å². The lowest BCUT2D eigenvalue weighted by atomic mass is 10.0. The van der Waals surface area contributed by atoms with Crippen LogP contribution in [0.3, 0.4) is 0 Å². The third-order valence-electron chi connectivity index (χ3n) is 3.95. The van der Waals surface area contributed by atoms with Gasteiger partial charge in [0.1, 0.15) is 5.75 Å². The van der Waals surface area contributed by atoms with Crippen LogP contribution in [0.5, 0.6) is 5.75 Å². The normalized spacial score (nSPS) is 11.6. The lowest BCUT2D eigenvalue weighted by molar-refractivity contribution is 0.475. The van der Waals surface area contributed by atoms with Gasteiger partial charge in [-0.05, 0) is 24.3 Å². The highest BCUT2D eigenvalue weighted by Crippen LogP contribution is 2.30. The molecule has 0 aliphatic rings. The van der Waals surface area contributed by atoms with Gasteiger partial charge in [-0.25, -0.2) is 0 Å². The number of rotatable bonds is 2. The van der Waals surface area contributed by atoms with Gasteiger partial charge in [-0.2, -0.15) is 9.61 Å². The first-order valence-corrected chi connectivity index (χ1v) is 7.58. The van der Waals surface area contributed by atoms with E-state index < -0.39 is 0 Å². The molecule has 23 heavy (non-hydrogen) atoms. The smallest absolute Gasteiger partial charge is 0.185 e. The Labute approximate surface area is 133 Å². The van der Waals surface area contributed by atoms with E-state index in [2.05, 4.69) is 24.0 Å². The van der Waals surface area contributed by atoms with Crippen LogP contribution in [0.4, 0.5) is 0 Å². The average molecular weight is 304 g/mol. The molecule has 0 unspecified atom stereocenters. The first kappa shape index (κ1) is 13.7. The van der Waals surface area contributed by atoms with E-state index in [0.717, 1.165) is 33.5 Å². The van der Waals surface area contributed by atoms with Gasteiger partial charge in [0.25, 0.3) is 0 Å². The average Bonchev–Trinajstić information content (AvgIpc) is 2.99. The summed E-state index contributed by atoms with van der Waals surface area (Å²) in [5.41, 5.74) is 2.57. The molecule has 0 radical (unpaired) electrons. The Hall–Kier alpha value is -2.95. The number of hydrogen-bond acceptors (Lipinski definition) is 4. The van der Waals surface area contributed by atoms with Gasteiger partial charge in [0.15, 0.2) is 11.5 Å². The Balaban J connectivity index is 2.12. The molecule has 5 nitrogen and oxygen atoms in total. The number of nitrogens with zero attached hydrogens (tertiary/aromatic N) is 4.